The lowest BCUT2D eigenvalue weighted by atomic mass is 10.1. The van der Waals surface area contributed by atoms with Gasteiger partial charge in [0.05, 0.1) is 22.3 Å². The van der Waals surface area contributed by atoms with Crippen molar-refractivity contribution in [2.75, 3.05) is 5.32 Å². The van der Waals surface area contributed by atoms with Gasteiger partial charge in [-0.15, -0.1) is 0 Å². The highest BCUT2D eigenvalue weighted by Crippen LogP contribution is 2.23. The van der Waals surface area contributed by atoms with Gasteiger partial charge in [0.1, 0.15) is 0 Å². The third kappa shape index (κ3) is 3.27. The topological polar surface area (TPSA) is 35.8 Å². The van der Waals surface area contributed by atoms with Crippen LogP contribution in [0.2, 0.25) is 5.02 Å². The zero-order valence-electron chi connectivity index (χ0n) is 11.0. The van der Waals surface area contributed by atoms with E-state index in [1.165, 1.54) is 16.7 Å². The number of hydrogen-bond donors (Lipinski definition) is 1. The fraction of sp³-hybridized carbons (Fsp3) is 0.188. The Morgan fingerprint density at radius 2 is 1.89 bits per heavy atom. The molecule has 96 valence electrons. The second-order valence-corrected chi connectivity index (χ2v) is 4.99. The number of hydrogen-bond acceptors (Lipinski definition) is 2. The highest BCUT2D eigenvalue weighted by molar-refractivity contribution is 6.33. The van der Waals surface area contributed by atoms with Gasteiger partial charge in [0.15, 0.2) is 0 Å². The summed E-state index contributed by atoms with van der Waals surface area (Å²) in [7, 11) is 0. The molecule has 0 bridgehead atoms. The van der Waals surface area contributed by atoms with Gasteiger partial charge in [-0.2, -0.15) is 5.26 Å². The lowest BCUT2D eigenvalue weighted by molar-refractivity contribution is 1.13. The molecule has 2 rings (SSSR count). The van der Waals surface area contributed by atoms with E-state index in [-0.39, 0.29) is 0 Å². The molecule has 0 aliphatic carbocycles. The van der Waals surface area contributed by atoms with Crippen molar-refractivity contribution in [2.45, 2.75) is 20.4 Å². The second kappa shape index (κ2) is 5.77. The third-order valence-corrected chi connectivity index (χ3v) is 3.48. The molecule has 3 heteroatoms. The first-order chi connectivity index (χ1) is 9.10. The van der Waals surface area contributed by atoms with Crippen LogP contribution in [0.5, 0.6) is 0 Å². The molecule has 0 aromatic heterocycles. The van der Waals surface area contributed by atoms with Gasteiger partial charge in [0.25, 0.3) is 0 Å². The number of nitriles is 1. The Labute approximate surface area is 118 Å². The molecule has 2 nitrogen and oxygen atoms in total. The van der Waals surface area contributed by atoms with Crippen LogP contribution in [0.15, 0.2) is 36.4 Å². The Bertz CT molecular complexity index is 642. The van der Waals surface area contributed by atoms with Crippen LogP contribution in [0.3, 0.4) is 0 Å². The number of rotatable bonds is 3. The summed E-state index contributed by atoms with van der Waals surface area (Å²) in [6.07, 6.45) is 0. The van der Waals surface area contributed by atoms with Crippen LogP contribution >= 0.6 is 11.6 Å². The largest absolute Gasteiger partial charge is 0.380 e. The molecule has 0 aliphatic heterocycles. The first kappa shape index (κ1) is 13.5. The summed E-state index contributed by atoms with van der Waals surface area (Å²) < 4.78 is 0. The van der Waals surface area contributed by atoms with Crippen LogP contribution in [-0.2, 0) is 6.54 Å². The van der Waals surface area contributed by atoms with E-state index in [2.05, 4.69) is 43.4 Å². The Morgan fingerprint density at radius 3 is 2.58 bits per heavy atom. The molecule has 2 aromatic rings. The van der Waals surface area contributed by atoms with Crippen molar-refractivity contribution < 1.29 is 0 Å². The van der Waals surface area contributed by atoms with E-state index < -0.39 is 0 Å². The fourth-order valence-corrected chi connectivity index (χ4v) is 2.03. The summed E-state index contributed by atoms with van der Waals surface area (Å²) in [6, 6.07) is 13.7. The van der Waals surface area contributed by atoms with E-state index in [9.17, 15) is 0 Å². The fourth-order valence-electron chi connectivity index (χ4n) is 1.84. The number of halogens is 1. The molecular weight excluding hydrogens is 256 g/mol. The number of aryl methyl sites for hydroxylation is 2. The zero-order chi connectivity index (χ0) is 13.8. The molecule has 0 amide bonds. The van der Waals surface area contributed by atoms with E-state index in [1.54, 1.807) is 18.2 Å². The molecule has 1 N–H and O–H groups in total. The first-order valence-corrected chi connectivity index (χ1v) is 6.47. The van der Waals surface area contributed by atoms with Crippen molar-refractivity contribution in [3.8, 4) is 6.07 Å². The lowest BCUT2D eigenvalue weighted by Crippen LogP contribution is -2.01. The smallest absolute Gasteiger partial charge is 0.0992 e. The van der Waals surface area contributed by atoms with Gasteiger partial charge in [-0.1, -0.05) is 29.8 Å². The summed E-state index contributed by atoms with van der Waals surface area (Å²) in [5.41, 5.74) is 5.15. The Hall–Kier alpha value is -1.98. The number of nitrogens with zero attached hydrogens (tertiary/aromatic N) is 1. The van der Waals surface area contributed by atoms with Crippen molar-refractivity contribution in [2.24, 2.45) is 0 Å². The number of anilines is 1. The standard InChI is InChI=1S/C16H15ClN2/c1-11-3-4-14(7-12(11)2)10-19-16-8-13(9-18)5-6-15(16)17/h3-8,19H,10H2,1-2H3. The van der Waals surface area contributed by atoms with Crippen LogP contribution in [0.1, 0.15) is 22.3 Å². The summed E-state index contributed by atoms with van der Waals surface area (Å²) >= 11 is 6.10. The van der Waals surface area contributed by atoms with Gasteiger partial charge < -0.3 is 5.32 Å². The van der Waals surface area contributed by atoms with E-state index in [4.69, 9.17) is 16.9 Å². The van der Waals surface area contributed by atoms with Crippen molar-refractivity contribution in [3.05, 3.63) is 63.7 Å². The van der Waals surface area contributed by atoms with Gasteiger partial charge in [0, 0.05) is 6.54 Å². The highest BCUT2D eigenvalue weighted by atomic mass is 35.5. The molecule has 0 atom stereocenters. The van der Waals surface area contributed by atoms with Gasteiger partial charge >= 0.3 is 0 Å². The quantitative estimate of drug-likeness (QED) is 0.895. The third-order valence-electron chi connectivity index (χ3n) is 3.15. The maximum atomic E-state index is 8.88. The van der Waals surface area contributed by atoms with E-state index >= 15 is 0 Å². The van der Waals surface area contributed by atoms with Crippen LogP contribution in [0, 0.1) is 25.2 Å². The van der Waals surface area contributed by atoms with Crippen LogP contribution < -0.4 is 5.32 Å². The van der Waals surface area contributed by atoms with E-state index in [0.29, 0.717) is 17.1 Å². The normalized spacial score (nSPS) is 10.0. The van der Waals surface area contributed by atoms with Gasteiger partial charge in [0.2, 0.25) is 0 Å². The predicted molar refractivity (Wildman–Crippen MR) is 79.4 cm³/mol. The number of nitrogens with one attached hydrogen (secondary N) is 1. The second-order valence-electron chi connectivity index (χ2n) is 4.58. The molecule has 0 heterocycles. The van der Waals surface area contributed by atoms with E-state index in [1.807, 2.05) is 0 Å². The van der Waals surface area contributed by atoms with Crippen molar-refractivity contribution in [1.29, 1.82) is 5.26 Å². The molecule has 0 fully saturated rings. The predicted octanol–water partition coefficient (Wildman–Crippen LogP) is 4.44. The minimum absolute atomic E-state index is 0.604. The molecule has 0 aliphatic rings. The monoisotopic (exact) mass is 270 g/mol. The van der Waals surface area contributed by atoms with E-state index in [0.717, 1.165) is 5.69 Å². The van der Waals surface area contributed by atoms with Crippen molar-refractivity contribution >= 4 is 17.3 Å². The Morgan fingerprint density at radius 1 is 1.11 bits per heavy atom. The molecule has 19 heavy (non-hydrogen) atoms. The molecular formula is C16H15ClN2. The maximum Gasteiger partial charge on any atom is 0.0992 e. The highest BCUT2D eigenvalue weighted by Gasteiger charge is 2.02. The number of benzene rings is 2. The minimum Gasteiger partial charge on any atom is -0.380 e. The zero-order valence-corrected chi connectivity index (χ0v) is 11.8. The summed E-state index contributed by atoms with van der Waals surface area (Å²) in [4.78, 5) is 0. The summed E-state index contributed by atoms with van der Waals surface area (Å²) in [5, 5.41) is 12.8. The van der Waals surface area contributed by atoms with Gasteiger partial charge in [-0.05, 0) is 48.7 Å². The molecule has 0 saturated carbocycles. The molecule has 0 saturated heterocycles. The maximum absolute atomic E-state index is 8.88. The lowest BCUT2D eigenvalue weighted by Gasteiger charge is -2.10. The minimum atomic E-state index is 0.604. The summed E-state index contributed by atoms with van der Waals surface area (Å²) in [6.45, 7) is 4.89. The summed E-state index contributed by atoms with van der Waals surface area (Å²) in [5.74, 6) is 0. The SMILES string of the molecule is Cc1ccc(CNc2cc(C#N)ccc2Cl)cc1C. The van der Waals surface area contributed by atoms with Crippen LogP contribution in [0.25, 0.3) is 0 Å². The first-order valence-electron chi connectivity index (χ1n) is 6.10. The van der Waals surface area contributed by atoms with Gasteiger partial charge in [-0.25, -0.2) is 0 Å². The molecule has 0 spiro atoms. The average Bonchev–Trinajstić information content (AvgIpc) is 2.41. The van der Waals surface area contributed by atoms with Crippen molar-refractivity contribution in [1.82, 2.24) is 0 Å². The average molecular weight is 271 g/mol. The Kier molecular flexibility index (Phi) is 4.09. The Balaban J connectivity index is 2.14. The molecule has 2 aromatic carbocycles. The van der Waals surface area contributed by atoms with Crippen LogP contribution in [-0.4, -0.2) is 0 Å². The molecule has 0 unspecified atom stereocenters. The van der Waals surface area contributed by atoms with Gasteiger partial charge in [-0.3, -0.25) is 0 Å². The molecule has 0 radical (unpaired) electrons. The van der Waals surface area contributed by atoms with Crippen molar-refractivity contribution in [3.63, 3.8) is 0 Å². The van der Waals surface area contributed by atoms with Crippen LogP contribution in [0.4, 0.5) is 5.69 Å².